The van der Waals surface area contributed by atoms with Gasteiger partial charge in [-0.25, -0.2) is 0 Å². The van der Waals surface area contributed by atoms with Crippen LogP contribution in [-0.2, 0) is 16.2 Å². The summed E-state index contributed by atoms with van der Waals surface area (Å²) in [5.74, 6) is 0. The summed E-state index contributed by atoms with van der Waals surface area (Å²) in [4.78, 5) is 0. The summed E-state index contributed by atoms with van der Waals surface area (Å²) >= 11 is 0.543. The van der Waals surface area contributed by atoms with E-state index in [0.29, 0.717) is 16.2 Å². The first kappa shape index (κ1) is 16.1. The number of rotatable bonds is 0. The summed E-state index contributed by atoms with van der Waals surface area (Å²) in [5, 5.41) is 0. The fourth-order valence-electron chi connectivity index (χ4n) is 0. The van der Waals surface area contributed by atoms with E-state index in [1.807, 2.05) is 0 Å². The van der Waals surface area contributed by atoms with Crippen LogP contribution in [-0.4, -0.2) is 0 Å². The molecule has 2 unspecified atom stereocenters. The minimum atomic E-state index is 0. The summed E-state index contributed by atoms with van der Waals surface area (Å²) in [5.41, 5.74) is 0. The molecule has 0 bridgehead atoms. The zero-order chi connectivity index (χ0) is 2.71. The first-order chi connectivity index (χ1) is 1.41. The summed E-state index contributed by atoms with van der Waals surface area (Å²) in [6.45, 7) is 0. The van der Waals surface area contributed by atoms with Crippen molar-refractivity contribution in [1.82, 2.24) is 12.3 Å². The summed E-state index contributed by atoms with van der Waals surface area (Å²) in [6, 6.07) is 0. The van der Waals surface area contributed by atoms with Crippen molar-refractivity contribution < 1.29 is 16.2 Å². The molecule has 0 aromatic rings. The Labute approximate surface area is 44.1 Å². The molecule has 5 heteroatoms. The molecule has 0 saturated heterocycles. The normalized spacial score (nSPS) is 4.40. The molecule has 6 N–H and O–H groups in total. The van der Waals surface area contributed by atoms with Gasteiger partial charge in [-0.1, -0.05) is 0 Å². The van der Waals surface area contributed by atoms with Gasteiger partial charge < -0.3 is 12.3 Å². The fourth-order valence-corrected chi connectivity index (χ4v) is 0. The summed E-state index contributed by atoms with van der Waals surface area (Å²) < 4.78 is 0. The Balaban J connectivity index is -0.0000000200. The van der Waals surface area contributed by atoms with Crippen molar-refractivity contribution in [3.05, 3.63) is 0 Å². The molecule has 5 heavy (non-hydrogen) atoms. The Morgan fingerprint density at radius 1 is 1.00 bits per heavy atom. The van der Waals surface area contributed by atoms with E-state index in [1.54, 1.807) is 0 Å². The van der Waals surface area contributed by atoms with Crippen LogP contribution in [0.4, 0.5) is 0 Å². The molecule has 2 atom stereocenters. The average molecular weight is 201 g/mol. The second kappa shape index (κ2) is 18.1. The Kier molecular flexibility index (Phi) is 58.6. The molecule has 0 spiro atoms. The van der Waals surface area contributed by atoms with Gasteiger partial charge in [0.15, 0.2) is 0 Å². The van der Waals surface area contributed by atoms with Crippen molar-refractivity contribution in [3.63, 3.8) is 0 Å². The Bertz CT molecular complexity index is 7.61. The SMILES string of the molecule is N.N.[PH2][Ru][PH2]. The van der Waals surface area contributed by atoms with Gasteiger partial charge in [0.25, 0.3) is 0 Å². The van der Waals surface area contributed by atoms with Crippen LogP contribution in [0.2, 0.25) is 0 Å². The quantitative estimate of drug-likeness (QED) is 0.453. The molecule has 0 aliphatic carbocycles. The summed E-state index contributed by atoms with van der Waals surface area (Å²) in [7, 11) is 5.26. The molecular weight excluding hydrogens is 191 g/mol. The van der Waals surface area contributed by atoms with Crippen LogP contribution in [0.1, 0.15) is 0 Å². The molecule has 0 aliphatic rings. The van der Waals surface area contributed by atoms with Gasteiger partial charge in [-0.3, -0.25) is 0 Å². The third kappa shape index (κ3) is 31.8. The first-order valence-electron chi connectivity index (χ1n) is 0.408. The van der Waals surface area contributed by atoms with E-state index in [2.05, 4.69) is 15.1 Å². The average Bonchev–Trinajstić information content (AvgIpc) is 0.918. The molecule has 0 amide bonds. The van der Waals surface area contributed by atoms with Gasteiger partial charge in [-0.05, 0) is 0 Å². The topological polar surface area (TPSA) is 70.0 Å². The van der Waals surface area contributed by atoms with Crippen LogP contribution in [0.15, 0.2) is 0 Å². The zero-order valence-electron chi connectivity index (χ0n) is 2.92. The fraction of sp³-hybridized carbons (Fsp3) is 0. The molecule has 0 aromatic heterocycles. The summed E-state index contributed by atoms with van der Waals surface area (Å²) in [6.07, 6.45) is 0. The molecule has 0 radical (unpaired) electrons. The van der Waals surface area contributed by atoms with Crippen molar-refractivity contribution in [2.24, 2.45) is 0 Å². The van der Waals surface area contributed by atoms with Crippen molar-refractivity contribution in [3.8, 4) is 0 Å². The van der Waals surface area contributed by atoms with Crippen molar-refractivity contribution in [1.29, 1.82) is 0 Å². The predicted octanol–water partition coefficient (Wildman–Crippen LogP) is 0.973. The molecule has 0 rings (SSSR count). The van der Waals surface area contributed by atoms with Gasteiger partial charge in [0.2, 0.25) is 0 Å². The zero-order valence-corrected chi connectivity index (χ0v) is 6.97. The van der Waals surface area contributed by atoms with Gasteiger partial charge >= 0.3 is 31.3 Å². The van der Waals surface area contributed by atoms with Gasteiger partial charge in [0, 0.05) is 0 Å². The van der Waals surface area contributed by atoms with Crippen LogP contribution in [0.5, 0.6) is 0 Å². The molecule has 38 valence electrons. The van der Waals surface area contributed by atoms with Crippen LogP contribution in [0, 0.1) is 0 Å². The first-order valence-corrected chi connectivity index (χ1v) is 7.25. The van der Waals surface area contributed by atoms with E-state index >= 15 is 0 Å². The predicted molar refractivity (Wildman–Crippen MR) is 29.5 cm³/mol. The Hall–Kier alpha value is 1.40. The van der Waals surface area contributed by atoms with Gasteiger partial charge in [0.1, 0.15) is 0 Å². The van der Waals surface area contributed by atoms with E-state index in [0.717, 1.165) is 0 Å². The Morgan fingerprint density at radius 2 is 1.00 bits per heavy atom. The Morgan fingerprint density at radius 3 is 1.00 bits per heavy atom. The van der Waals surface area contributed by atoms with Crippen LogP contribution < -0.4 is 12.3 Å². The molecule has 0 saturated carbocycles. The number of hydrogen-bond acceptors (Lipinski definition) is 2. The third-order valence-electron chi connectivity index (χ3n) is 0. The third-order valence-corrected chi connectivity index (χ3v) is 0. The molecule has 0 fully saturated rings. The standard InChI is InChI=1S/2H3N.2H2P.Ru/h2*1H3;2*1H2;/q;;2*-1;+2. The van der Waals surface area contributed by atoms with Gasteiger partial charge in [-0.2, -0.15) is 0 Å². The molecule has 0 aromatic carbocycles. The monoisotopic (exact) mass is 202 g/mol. The molecule has 0 aliphatic heterocycles. The second-order valence-electron chi connectivity index (χ2n) is 0.118. The second-order valence-corrected chi connectivity index (χ2v) is 6.27. The van der Waals surface area contributed by atoms with E-state index in [4.69, 9.17) is 0 Å². The van der Waals surface area contributed by atoms with Crippen LogP contribution in [0.3, 0.4) is 0 Å². The molecule has 0 heterocycles. The van der Waals surface area contributed by atoms with E-state index in [1.165, 1.54) is 0 Å². The van der Waals surface area contributed by atoms with Crippen molar-refractivity contribution in [2.75, 3.05) is 0 Å². The van der Waals surface area contributed by atoms with E-state index in [-0.39, 0.29) is 12.3 Å². The van der Waals surface area contributed by atoms with Gasteiger partial charge in [-0.15, -0.1) is 0 Å². The maximum atomic E-state index is 2.63. The molecule has 2 nitrogen and oxygen atoms in total. The van der Waals surface area contributed by atoms with E-state index in [9.17, 15) is 0 Å². The minimum absolute atomic E-state index is 0. The van der Waals surface area contributed by atoms with Crippen molar-refractivity contribution in [2.45, 2.75) is 0 Å². The van der Waals surface area contributed by atoms with Crippen LogP contribution in [0.25, 0.3) is 0 Å². The van der Waals surface area contributed by atoms with Gasteiger partial charge in [0.05, 0.1) is 0 Å². The molecular formula is H10N2P2Ru. The van der Waals surface area contributed by atoms with Crippen molar-refractivity contribution >= 4 is 15.1 Å². The maximum absolute atomic E-state index is 2.63. The van der Waals surface area contributed by atoms with E-state index < -0.39 is 0 Å². The number of hydrogen-bond donors (Lipinski definition) is 2. The van der Waals surface area contributed by atoms with Crippen LogP contribution >= 0.6 is 15.1 Å².